The molecule has 23 heavy (non-hydrogen) atoms. The van der Waals surface area contributed by atoms with Crippen LogP contribution in [0.4, 0.5) is 26.3 Å². The highest BCUT2D eigenvalue weighted by atomic mass is 19.4. The van der Waals surface area contributed by atoms with Crippen LogP contribution in [0.15, 0.2) is 18.2 Å². The third kappa shape index (κ3) is 6.35. The molecular weight excluding hydrogens is 332 g/mol. The van der Waals surface area contributed by atoms with Gasteiger partial charge in [-0.05, 0) is 25.1 Å². The summed E-state index contributed by atoms with van der Waals surface area (Å²) in [7, 11) is 0. The molecule has 10 heteroatoms. The van der Waals surface area contributed by atoms with Crippen molar-refractivity contribution in [1.29, 1.82) is 0 Å². The first-order valence-corrected chi connectivity index (χ1v) is 6.26. The van der Waals surface area contributed by atoms with E-state index in [-0.39, 0.29) is 12.6 Å². The van der Waals surface area contributed by atoms with E-state index in [0.717, 1.165) is 0 Å². The van der Waals surface area contributed by atoms with Gasteiger partial charge in [-0.25, -0.2) is 0 Å². The number of carbonyl (C=O) groups is 1. The van der Waals surface area contributed by atoms with Crippen molar-refractivity contribution in [2.45, 2.75) is 25.4 Å². The average Bonchev–Trinajstić information content (AvgIpc) is 2.40. The quantitative estimate of drug-likeness (QED) is 0.807. The van der Waals surface area contributed by atoms with E-state index in [2.05, 4.69) is 10.1 Å². The molecule has 1 unspecified atom stereocenters. The first-order chi connectivity index (χ1) is 10.4. The van der Waals surface area contributed by atoms with Gasteiger partial charge in [0, 0.05) is 6.54 Å². The monoisotopic (exact) mass is 345 g/mol. The van der Waals surface area contributed by atoms with Crippen LogP contribution in [0.2, 0.25) is 0 Å². The molecule has 0 radical (unpaired) electrons. The lowest BCUT2D eigenvalue weighted by Crippen LogP contribution is -2.34. The Morgan fingerprint density at radius 2 is 1.61 bits per heavy atom. The van der Waals surface area contributed by atoms with E-state index in [9.17, 15) is 31.1 Å². The van der Waals surface area contributed by atoms with Crippen LogP contribution in [0.25, 0.3) is 0 Å². The van der Waals surface area contributed by atoms with Crippen molar-refractivity contribution in [2.24, 2.45) is 0 Å². The summed E-state index contributed by atoms with van der Waals surface area (Å²) in [6.07, 6.45) is -10.8. The Balaban J connectivity index is 2.91. The van der Waals surface area contributed by atoms with Gasteiger partial charge in [-0.15, -0.1) is 0 Å². The Kier molecular flexibility index (Phi) is 5.86. The number of halogens is 6. The van der Waals surface area contributed by atoms with E-state index in [1.54, 1.807) is 0 Å². The molecular formula is C13H13F6NO3. The molecule has 0 aliphatic rings. The highest BCUT2D eigenvalue weighted by Crippen LogP contribution is 2.38. The minimum absolute atomic E-state index is 0.0413. The van der Waals surface area contributed by atoms with Crippen molar-refractivity contribution in [1.82, 2.24) is 5.32 Å². The molecule has 1 aromatic rings. The Labute approximate surface area is 127 Å². The Morgan fingerprint density at radius 3 is 2.00 bits per heavy atom. The zero-order valence-corrected chi connectivity index (χ0v) is 11.8. The van der Waals surface area contributed by atoms with Crippen molar-refractivity contribution < 1.29 is 41.0 Å². The summed E-state index contributed by atoms with van der Waals surface area (Å²) in [6.45, 7) is 0.466. The number of aliphatic hydroxyl groups excluding tert-OH is 1. The van der Waals surface area contributed by atoms with E-state index in [1.807, 2.05) is 0 Å². The molecule has 1 rings (SSSR count). The van der Waals surface area contributed by atoms with Gasteiger partial charge < -0.3 is 15.2 Å². The Hall–Kier alpha value is -1.97. The van der Waals surface area contributed by atoms with E-state index in [1.165, 1.54) is 6.92 Å². The van der Waals surface area contributed by atoms with Gasteiger partial charge in [0.25, 0.3) is 5.91 Å². The highest BCUT2D eigenvalue weighted by Gasteiger charge is 2.37. The topological polar surface area (TPSA) is 58.6 Å². The SMILES string of the molecule is CC(O)CNC(=O)COc1cc(C(F)(F)F)cc(C(F)(F)F)c1. The molecule has 1 aromatic carbocycles. The molecule has 130 valence electrons. The molecule has 2 N–H and O–H groups in total. The molecule has 0 saturated carbocycles. The molecule has 0 heterocycles. The van der Waals surface area contributed by atoms with Crippen LogP contribution >= 0.6 is 0 Å². The summed E-state index contributed by atoms with van der Waals surface area (Å²) in [4.78, 5) is 11.3. The number of aliphatic hydroxyl groups is 1. The van der Waals surface area contributed by atoms with Gasteiger partial charge in [-0.1, -0.05) is 0 Å². The Morgan fingerprint density at radius 1 is 1.13 bits per heavy atom. The predicted octanol–water partition coefficient (Wildman–Crippen LogP) is 2.60. The molecule has 1 amide bonds. The van der Waals surface area contributed by atoms with E-state index in [0.29, 0.717) is 12.1 Å². The van der Waals surface area contributed by atoms with Crippen LogP contribution < -0.4 is 10.1 Å². The van der Waals surface area contributed by atoms with Gasteiger partial charge in [0.05, 0.1) is 17.2 Å². The van der Waals surface area contributed by atoms with Gasteiger partial charge in [0.2, 0.25) is 0 Å². The summed E-state index contributed by atoms with van der Waals surface area (Å²) in [5.41, 5.74) is -3.07. The molecule has 0 aliphatic carbocycles. The minimum atomic E-state index is -4.99. The van der Waals surface area contributed by atoms with E-state index in [4.69, 9.17) is 5.11 Å². The standard InChI is InChI=1S/C13H13F6NO3/c1-7(21)5-20-11(22)6-23-10-3-8(12(14,15)16)2-9(4-10)13(17,18)19/h2-4,7,21H,5-6H2,1H3,(H,20,22). The summed E-state index contributed by atoms with van der Waals surface area (Å²) >= 11 is 0. The van der Waals surface area contributed by atoms with Crippen molar-refractivity contribution >= 4 is 5.91 Å². The molecule has 0 saturated heterocycles. The number of rotatable bonds is 5. The molecule has 1 atom stereocenters. The smallest absolute Gasteiger partial charge is 0.416 e. The van der Waals surface area contributed by atoms with Crippen molar-refractivity contribution in [2.75, 3.05) is 13.2 Å². The third-order valence-corrected chi connectivity index (χ3v) is 2.53. The number of benzene rings is 1. The van der Waals surface area contributed by atoms with Gasteiger partial charge in [0.15, 0.2) is 6.61 Å². The maximum atomic E-state index is 12.6. The van der Waals surface area contributed by atoms with Crippen molar-refractivity contribution in [3.05, 3.63) is 29.3 Å². The fraction of sp³-hybridized carbons (Fsp3) is 0.462. The molecule has 0 fully saturated rings. The number of ether oxygens (including phenoxy) is 1. The van der Waals surface area contributed by atoms with E-state index >= 15 is 0 Å². The molecule has 4 nitrogen and oxygen atoms in total. The number of alkyl halides is 6. The maximum Gasteiger partial charge on any atom is 0.416 e. The van der Waals surface area contributed by atoms with Crippen LogP contribution in [0.1, 0.15) is 18.1 Å². The minimum Gasteiger partial charge on any atom is -0.484 e. The second kappa shape index (κ2) is 7.07. The third-order valence-electron chi connectivity index (χ3n) is 2.53. The maximum absolute atomic E-state index is 12.6. The zero-order chi connectivity index (χ0) is 17.8. The van der Waals surface area contributed by atoms with Crippen molar-refractivity contribution in [3.8, 4) is 5.75 Å². The fourth-order valence-corrected chi connectivity index (χ4v) is 1.47. The normalized spacial score (nSPS) is 13.6. The largest absolute Gasteiger partial charge is 0.484 e. The van der Waals surface area contributed by atoms with Gasteiger partial charge in [-0.3, -0.25) is 4.79 Å². The number of nitrogens with one attached hydrogen (secondary N) is 1. The first kappa shape index (κ1) is 19.1. The van der Waals surface area contributed by atoms with Crippen LogP contribution in [0.3, 0.4) is 0 Å². The number of hydrogen-bond donors (Lipinski definition) is 2. The molecule has 0 bridgehead atoms. The highest BCUT2D eigenvalue weighted by molar-refractivity contribution is 5.77. The first-order valence-electron chi connectivity index (χ1n) is 6.26. The van der Waals surface area contributed by atoms with Gasteiger partial charge in [0.1, 0.15) is 5.75 Å². The molecule has 0 aromatic heterocycles. The summed E-state index contributed by atoms with van der Waals surface area (Å²) < 4.78 is 80.4. The van der Waals surface area contributed by atoms with Crippen LogP contribution in [0.5, 0.6) is 5.75 Å². The van der Waals surface area contributed by atoms with Crippen LogP contribution in [0, 0.1) is 0 Å². The van der Waals surface area contributed by atoms with E-state index < -0.39 is 47.8 Å². The lowest BCUT2D eigenvalue weighted by molar-refractivity contribution is -0.143. The lowest BCUT2D eigenvalue weighted by Gasteiger charge is -2.15. The molecule has 0 spiro atoms. The number of hydrogen-bond acceptors (Lipinski definition) is 3. The fourth-order valence-electron chi connectivity index (χ4n) is 1.47. The Bertz CT molecular complexity index is 521. The average molecular weight is 345 g/mol. The van der Waals surface area contributed by atoms with Crippen LogP contribution in [-0.4, -0.2) is 30.3 Å². The zero-order valence-electron chi connectivity index (χ0n) is 11.8. The second-order valence-electron chi connectivity index (χ2n) is 4.68. The molecule has 0 aliphatic heterocycles. The predicted molar refractivity (Wildman–Crippen MR) is 66.6 cm³/mol. The lowest BCUT2D eigenvalue weighted by atomic mass is 10.1. The van der Waals surface area contributed by atoms with Crippen LogP contribution in [-0.2, 0) is 17.1 Å². The summed E-state index contributed by atoms with van der Waals surface area (Å²) in [6, 6.07) is 0.703. The second-order valence-corrected chi connectivity index (χ2v) is 4.68. The number of carbonyl (C=O) groups excluding carboxylic acids is 1. The summed E-state index contributed by atoms with van der Waals surface area (Å²) in [5, 5.41) is 11.1. The summed E-state index contributed by atoms with van der Waals surface area (Å²) in [5.74, 6) is -1.53. The number of amides is 1. The van der Waals surface area contributed by atoms with Crippen molar-refractivity contribution in [3.63, 3.8) is 0 Å². The van der Waals surface area contributed by atoms with Gasteiger partial charge >= 0.3 is 12.4 Å². The van der Waals surface area contributed by atoms with Gasteiger partial charge in [-0.2, -0.15) is 26.3 Å².